The number of rotatable bonds is 2. The van der Waals surface area contributed by atoms with E-state index in [9.17, 15) is 0 Å². The van der Waals surface area contributed by atoms with Crippen molar-refractivity contribution in [2.45, 2.75) is 32.6 Å². The third kappa shape index (κ3) is 1.96. The van der Waals surface area contributed by atoms with Crippen LogP contribution < -0.4 is 4.90 Å². The third-order valence-corrected chi connectivity index (χ3v) is 4.33. The fourth-order valence-corrected chi connectivity index (χ4v) is 3.68. The third-order valence-electron chi connectivity index (χ3n) is 2.52. The first kappa shape index (κ1) is 10.4. The molecule has 0 atom stereocenters. The van der Waals surface area contributed by atoms with Gasteiger partial charge < -0.3 is 4.90 Å². The van der Waals surface area contributed by atoms with E-state index in [-0.39, 0.29) is 0 Å². The lowest BCUT2D eigenvalue weighted by Crippen LogP contribution is -2.17. The second-order valence-corrected chi connectivity index (χ2v) is 6.30. The normalized spacial score (nSPS) is 17.0. The van der Waals surface area contributed by atoms with Gasteiger partial charge in [0.15, 0.2) is 5.13 Å². The molecule has 14 heavy (non-hydrogen) atoms. The lowest BCUT2D eigenvalue weighted by Gasteiger charge is -2.12. The van der Waals surface area contributed by atoms with Crippen molar-refractivity contribution in [2.75, 3.05) is 18.0 Å². The van der Waals surface area contributed by atoms with Gasteiger partial charge in [-0.05, 0) is 34.7 Å². The van der Waals surface area contributed by atoms with E-state index in [1.807, 2.05) is 0 Å². The summed E-state index contributed by atoms with van der Waals surface area (Å²) in [5.41, 5.74) is 1.21. The fourth-order valence-electron chi connectivity index (χ4n) is 1.70. The molecule has 4 heteroatoms. The van der Waals surface area contributed by atoms with Crippen LogP contribution >= 0.6 is 27.3 Å². The monoisotopic (exact) mass is 274 g/mol. The van der Waals surface area contributed by atoms with Crippen LogP contribution in [0.25, 0.3) is 0 Å². The Bertz CT molecular complexity index is 316. The first-order valence-corrected chi connectivity index (χ1v) is 6.70. The Balaban J connectivity index is 2.22. The highest BCUT2D eigenvalue weighted by Crippen LogP contribution is 2.35. The topological polar surface area (TPSA) is 16.1 Å². The Morgan fingerprint density at radius 1 is 1.36 bits per heavy atom. The van der Waals surface area contributed by atoms with Gasteiger partial charge in [-0.1, -0.05) is 25.2 Å². The molecule has 0 bridgehead atoms. The summed E-state index contributed by atoms with van der Waals surface area (Å²) in [4.78, 5) is 7.08. The van der Waals surface area contributed by atoms with Gasteiger partial charge in [0, 0.05) is 13.1 Å². The van der Waals surface area contributed by atoms with Crippen LogP contribution in [0.2, 0.25) is 0 Å². The highest BCUT2D eigenvalue weighted by atomic mass is 79.9. The van der Waals surface area contributed by atoms with Crippen LogP contribution in [0, 0.1) is 0 Å². The minimum atomic E-state index is 0.511. The smallest absolute Gasteiger partial charge is 0.186 e. The maximum atomic E-state index is 4.69. The van der Waals surface area contributed by atoms with Crippen LogP contribution in [-0.4, -0.2) is 18.1 Å². The molecule has 1 saturated heterocycles. The van der Waals surface area contributed by atoms with E-state index in [0.29, 0.717) is 5.92 Å². The van der Waals surface area contributed by atoms with Gasteiger partial charge in [0.05, 0.1) is 9.48 Å². The molecule has 0 N–H and O–H groups in total. The van der Waals surface area contributed by atoms with Gasteiger partial charge >= 0.3 is 0 Å². The number of halogens is 1. The van der Waals surface area contributed by atoms with Crippen molar-refractivity contribution >= 4 is 32.4 Å². The Morgan fingerprint density at radius 3 is 2.50 bits per heavy atom. The van der Waals surface area contributed by atoms with E-state index >= 15 is 0 Å². The summed E-state index contributed by atoms with van der Waals surface area (Å²) < 4.78 is 1.20. The highest BCUT2D eigenvalue weighted by Gasteiger charge is 2.19. The molecule has 0 aromatic carbocycles. The SMILES string of the molecule is CC(C)c1nc(N2CCCC2)sc1Br. The molecule has 1 aromatic rings. The predicted molar refractivity (Wildman–Crippen MR) is 65.4 cm³/mol. The Labute approximate surface area is 97.5 Å². The minimum absolute atomic E-state index is 0.511. The molecule has 0 unspecified atom stereocenters. The zero-order chi connectivity index (χ0) is 10.1. The molecule has 78 valence electrons. The second kappa shape index (κ2) is 4.19. The zero-order valence-corrected chi connectivity index (χ0v) is 11.0. The molecular weight excluding hydrogens is 260 g/mol. The lowest BCUT2D eigenvalue weighted by molar-refractivity contribution is 0.820. The highest BCUT2D eigenvalue weighted by molar-refractivity contribution is 9.11. The molecule has 0 spiro atoms. The Kier molecular flexibility index (Phi) is 3.12. The molecule has 1 aromatic heterocycles. The summed E-state index contributed by atoms with van der Waals surface area (Å²) in [6.45, 7) is 6.73. The van der Waals surface area contributed by atoms with Crippen LogP contribution in [0.15, 0.2) is 3.79 Å². The molecule has 0 amide bonds. The maximum Gasteiger partial charge on any atom is 0.186 e. The summed E-state index contributed by atoms with van der Waals surface area (Å²) in [6.07, 6.45) is 2.63. The number of thiazole rings is 1. The average Bonchev–Trinajstić information content (AvgIpc) is 2.70. The van der Waals surface area contributed by atoms with Crippen molar-refractivity contribution < 1.29 is 0 Å². The van der Waals surface area contributed by atoms with Crippen molar-refractivity contribution in [1.82, 2.24) is 4.98 Å². The number of anilines is 1. The summed E-state index contributed by atoms with van der Waals surface area (Å²) in [6, 6.07) is 0. The lowest BCUT2D eigenvalue weighted by atomic mass is 10.2. The maximum absolute atomic E-state index is 4.69. The zero-order valence-electron chi connectivity index (χ0n) is 8.59. The quantitative estimate of drug-likeness (QED) is 0.819. The van der Waals surface area contributed by atoms with Gasteiger partial charge in [-0.2, -0.15) is 0 Å². The molecule has 0 aliphatic carbocycles. The molecular formula is C10H15BrN2S. The van der Waals surface area contributed by atoms with Crippen LogP contribution in [0.5, 0.6) is 0 Å². The number of nitrogens with zero attached hydrogens (tertiary/aromatic N) is 2. The van der Waals surface area contributed by atoms with Crippen LogP contribution in [0.3, 0.4) is 0 Å². The first-order chi connectivity index (χ1) is 6.68. The molecule has 0 saturated carbocycles. The van der Waals surface area contributed by atoms with E-state index in [0.717, 1.165) is 0 Å². The van der Waals surface area contributed by atoms with Gasteiger partial charge in [-0.25, -0.2) is 4.98 Å². The van der Waals surface area contributed by atoms with Gasteiger partial charge in [0.1, 0.15) is 0 Å². The van der Waals surface area contributed by atoms with Crippen LogP contribution in [-0.2, 0) is 0 Å². The molecule has 1 aliphatic heterocycles. The number of hydrogen-bond donors (Lipinski definition) is 0. The number of hydrogen-bond acceptors (Lipinski definition) is 3. The first-order valence-electron chi connectivity index (χ1n) is 5.09. The van der Waals surface area contributed by atoms with Gasteiger partial charge in [-0.3, -0.25) is 0 Å². The largest absolute Gasteiger partial charge is 0.348 e. The Morgan fingerprint density at radius 2 is 2.00 bits per heavy atom. The molecule has 1 aliphatic rings. The predicted octanol–water partition coefficient (Wildman–Crippen LogP) is 3.63. The van der Waals surface area contributed by atoms with E-state index in [1.54, 1.807) is 11.3 Å². The summed E-state index contributed by atoms with van der Waals surface area (Å²) >= 11 is 5.37. The number of aromatic nitrogens is 1. The van der Waals surface area contributed by atoms with Crippen molar-refractivity contribution in [3.05, 3.63) is 9.48 Å². The van der Waals surface area contributed by atoms with Gasteiger partial charge in [0.25, 0.3) is 0 Å². The molecule has 2 heterocycles. The fraction of sp³-hybridized carbons (Fsp3) is 0.700. The van der Waals surface area contributed by atoms with Gasteiger partial charge in [-0.15, -0.1) is 0 Å². The van der Waals surface area contributed by atoms with Gasteiger partial charge in [0.2, 0.25) is 0 Å². The standard InChI is InChI=1S/C10H15BrN2S/c1-7(2)8-9(11)14-10(12-8)13-5-3-4-6-13/h7H,3-6H2,1-2H3. The minimum Gasteiger partial charge on any atom is -0.348 e. The Hall–Kier alpha value is -0.0900. The van der Waals surface area contributed by atoms with E-state index in [1.165, 1.54) is 40.5 Å². The van der Waals surface area contributed by atoms with Crippen LogP contribution in [0.1, 0.15) is 38.3 Å². The van der Waals surface area contributed by atoms with Crippen LogP contribution in [0.4, 0.5) is 5.13 Å². The van der Waals surface area contributed by atoms with Crippen molar-refractivity contribution in [2.24, 2.45) is 0 Å². The van der Waals surface area contributed by atoms with E-state index < -0.39 is 0 Å². The molecule has 2 rings (SSSR count). The average molecular weight is 275 g/mol. The summed E-state index contributed by atoms with van der Waals surface area (Å²) in [5, 5.41) is 1.19. The summed E-state index contributed by atoms with van der Waals surface area (Å²) in [7, 11) is 0. The molecule has 1 fully saturated rings. The van der Waals surface area contributed by atoms with Crippen molar-refractivity contribution in [3.8, 4) is 0 Å². The summed E-state index contributed by atoms with van der Waals surface area (Å²) in [5.74, 6) is 0.511. The second-order valence-electron chi connectivity index (χ2n) is 4.00. The van der Waals surface area contributed by atoms with E-state index in [4.69, 9.17) is 0 Å². The van der Waals surface area contributed by atoms with Crippen molar-refractivity contribution in [1.29, 1.82) is 0 Å². The van der Waals surface area contributed by atoms with E-state index in [2.05, 4.69) is 39.7 Å². The molecule has 0 radical (unpaired) electrons. The van der Waals surface area contributed by atoms with Crippen molar-refractivity contribution in [3.63, 3.8) is 0 Å². The molecule has 2 nitrogen and oxygen atoms in total.